The van der Waals surface area contributed by atoms with Gasteiger partial charge in [0.05, 0.1) is 7.32 Å². The summed E-state index contributed by atoms with van der Waals surface area (Å²) < 4.78 is 8.17. The van der Waals surface area contributed by atoms with Gasteiger partial charge in [-0.05, 0) is 90.6 Å². The van der Waals surface area contributed by atoms with Crippen molar-refractivity contribution in [2.45, 2.75) is 148 Å². The van der Waals surface area contributed by atoms with Crippen LogP contribution in [0.4, 0.5) is 0 Å². The normalized spacial score (nSPS) is 10.9. The summed E-state index contributed by atoms with van der Waals surface area (Å²) in [6.07, 6.45) is 33.3. The number of pyridine rings is 2. The van der Waals surface area contributed by atoms with E-state index in [-0.39, 0.29) is 12.0 Å². The maximum absolute atomic E-state index is 10.7. The first-order valence-electron chi connectivity index (χ1n) is 27.1. The summed E-state index contributed by atoms with van der Waals surface area (Å²) in [7, 11) is -2.23. The average Bonchev–Trinajstić information content (AvgIpc) is 3.43. The fraction of sp³-hybridized carbons (Fsp3) is 0.375. The molecule has 0 radical (unpaired) electrons. The van der Waals surface area contributed by atoms with Crippen molar-refractivity contribution in [1.29, 1.82) is 0 Å². The first kappa shape index (κ1) is 56.9. The van der Waals surface area contributed by atoms with Gasteiger partial charge in [0, 0.05) is 45.7 Å². The Morgan fingerprint density at radius 3 is 1.03 bits per heavy atom. The third kappa shape index (κ3) is 21.7. The smallest absolute Gasteiger partial charge is 0.223 e. The molecule has 0 bridgehead atoms. The fourth-order valence-electron chi connectivity index (χ4n) is 9.11. The van der Waals surface area contributed by atoms with Crippen LogP contribution in [0.3, 0.4) is 0 Å². The zero-order chi connectivity index (χ0) is 50.6. The monoisotopic (exact) mass is 969 g/mol. The van der Waals surface area contributed by atoms with Crippen molar-refractivity contribution in [2.24, 2.45) is 0 Å². The number of rotatable bonds is 30. The van der Waals surface area contributed by atoms with Crippen molar-refractivity contribution in [2.75, 3.05) is 6.61 Å². The number of nitrogens with zero attached hydrogens (tertiary/aromatic N) is 2. The molecule has 7 aromatic rings. The summed E-state index contributed by atoms with van der Waals surface area (Å²) >= 11 is 0. The minimum Gasteiger partial charge on any atom is -0.871 e. The molecule has 0 unspecified atom stereocenters. The summed E-state index contributed by atoms with van der Waals surface area (Å²) in [4.78, 5) is 11.5. The summed E-state index contributed by atoms with van der Waals surface area (Å²) in [6, 6.07) is 59.8. The summed E-state index contributed by atoms with van der Waals surface area (Å²) in [6.45, 7) is 4.70. The van der Waals surface area contributed by atoms with E-state index in [1.807, 2.05) is 116 Å². The molecule has 0 atom stereocenters. The van der Waals surface area contributed by atoms with Gasteiger partial charge >= 0.3 is 0 Å². The Morgan fingerprint density at radius 2 is 0.694 bits per heavy atom. The highest BCUT2D eigenvalue weighted by atomic mass is 16.7. The second-order valence-corrected chi connectivity index (χ2v) is 18.7. The molecule has 7 nitrogen and oxygen atoms in total. The lowest BCUT2D eigenvalue weighted by Gasteiger charge is -2.37. The SMILES string of the molecule is CCCCCCCCCCc1ccc(O[n+]2ccccc2)cc1.CCCCCCCCCCc1ccc(O[n+]2ccccc2)cc1.[O-]B([O-])OCCCC(c1ccccc1)(c1ccccc1)c1ccccc1. The number of hydrogen-bond donors (Lipinski definition) is 0. The van der Waals surface area contributed by atoms with Gasteiger partial charge in [0.2, 0.25) is 36.3 Å². The Bertz CT molecular complexity index is 2160. The van der Waals surface area contributed by atoms with E-state index in [0.717, 1.165) is 17.9 Å². The molecule has 0 saturated heterocycles. The molecule has 5 aromatic carbocycles. The molecular formula is C64H81BN2O5. The zero-order valence-corrected chi connectivity index (χ0v) is 43.4. The van der Waals surface area contributed by atoms with Crippen LogP contribution >= 0.6 is 0 Å². The second kappa shape index (κ2) is 35.1. The molecule has 7 rings (SSSR count). The zero-order valence-electron chi connectivity index (χ0n) is 43.4. The van der Waals surface area contributed by atoms with E-state index in [2.05, 4.69) is 98.8 Å². The van der Waals surface area contributed by atoms with E-state index in [0.29, 0.717) is 6.42 Å². The van der Waals surface area contributed by atoms with E-state index >= 15 is 0 Å². The molecule has 0 aliphatic carbocycles. The molecule has 0 aliphatic heterocycles. The highest BCUT2D eigenvalue weighted by Gasteiger charge is 2.35. The van der Waals surface area contributed by atoms with Crippen molar-refractivity contribution >= 4 is 7.32 Å². The Kier molecular flexibility index (Phi) is 27.7. The van der Waals surface area contributed by atoms with Crippen LogP contribution in [0.25, 0.3) is 0 Å². The molecule has 8 heteroatoms. The quantitative estimate of drug-likeness (QED) is 0.0194. The lowest BCUT2D eigenvalue weighted by atomic mass is 9.67. The molecule has 380 valence electrons. The van der Waals surface area contributed by atoms with E-state index in [1.165, 1.54) is 143 Å². The van der Waals surface area contributed by atoms with E-state index < -0.39 is 7.32 Å². The fourth-order valence-corrected chi connectivity index (χ4v) is 9.11. The van der Waals surface area contributed by atoms with Gasteiger partial charge in [0.25, 0.3) is 0 Å². The van der Waals surface area contributed by atoms with Crippen LogP contribution in [0.15, 0.2) is 201 Å². The minimum absolute atomic E-state index is 0.159. The molecule has 0 amide bonds. The lowest BCUT2D eigenvalue weighted by molar-refractivity contribution is -0.875. The molecule has 0 saturated carbocycles. The minimum atomic E-state index is -2.23. The standard InChI is InChI=1S/C22H21BO3.2C21H30NO/c24-23(25)26-18-10-17-22(19-11-4-1-5-12-19,20-13-6-2-7-14-20)21-15-8-3-9-16-21;2*1-2-3-4-5-6-7-8-10-13-20-14-16-21(17-15-20)23-22-18-11-9-12-19-22/h1-9,11-16H,10,17-18H2;2*9,11-12,14-19H,2-8,10,13H2,1H3/q-2;2*+1. The number of aromatic nitrogens is 2. The van der Waals surface area contributed by atoms with Gasteiger partial charge in [-0.1, -0.05) is 231 Å². The summed E-state index contributed by atoms with van der Waals surface area (Å²) in [5.74, 6) is 1.75. The molecular weight excluding hydrogens is 888 g/mol. The summed E-state index contributed by atoms with van der Waals surface area (Å²) in [5, 5.41) is 21.4. The van der Waals surface area contributed by atoms with Gasteiger partial charge in [-0.3, -0.25) is 0 Å². The molecule has 0 aliphatic rings. The molecule has 2 heterocycles. The molecule has 72 heavy (non-hydrogen) atoms. The first-order valence-corrected chi connectivity index (χ1v) is 27.1. The third-order valence-corrected chi connectivity index (χ3v) is 13.0. The number of hydrogen-bond acceptors (Lipinski definition) is 5. The maximum Gasteiger partial charge on any atom is 0.223 e. The molecule has 0 N–H and O–H groups in total. The second-order valence-electron chi connectivity index (χ2n) is 18.7. The number of aryl methyl sites for hydroxylation is 2. The van der Waals surface area contributed by atoms with E-state index in [9.17, 15) is 10.0 Å². The Labute approximate surface area is 433 Å². The summed E-state index contributed by atoms with van der Waals surface area (Å²) in [5.41, 5.74) is 5.98. The lowest BCUT2D eigenvalue weighted by Crippen LogP contribution is -2.48. The van der Waals surface area contributed by atoms with Gasteiger partial charge in [-0.15, -0.1) is 0 Å². The molecule has 2 aromatic heterocycles. The predicted octanol–water partition coefficient (Wildman–Crippen LogP) is 13.5. The predicted molar refractivity (Wildman–Crippen MR) is 291 cm³/mol. The van der Waals surface area contributed by atoms with Gasteiger partial charge < -0.3 is 14.7 Å². The van der Waals surface area contributed by atoms with Crippen molar-refractivity contribution in [3.63, 3.8) is 0 Å². The Hall–Kier alpha value is -6.06. The maximum atomic E-state index is 10.7. The van der Waals surface area contributed by atoms with Crippen LogP contribution in [0, 0.1) is 0 Å². The largest absolute Gasteiger partial charge is 0.871 e. The molecule has 0 fully saturated rings. The van der Waals surface area contributed by atoms with Gasteiger partial charge in [0.15, 0.2) is 0 Å². The van der Waals surface area contributed by atoms with Crippen LogP contribution < -0.4 is 29.2 Å². The topological polar surface area (TPSA) is 81.6 Å². The van der Waals surface area contributed by atoms with Crippen molar-refractivity contribution in [3.05, 3.63) is 229 Å². The third-order valence-electron chi connectivity index (χ3n) is 13.0. The van der Waals surface area contributed by atoms with Crippen LogP contribution in [-0.4, -0.2) is 13.9 Å². The Morgan fingerprint density at radius 1 is 0.375 bits per heavy atom. The van der Waals surface area contributed by atoms with Gasteiger partial charge in [-0.25, -0.2) is 9.68 Å². The van der Waals surface area contributed by atoms with E-state index in [4.69, 9.17) is 14.3 Å². The number of benzene rings is 5. The van der Waals surface area contributed by atoms with Crippen molar-refractivity contribution < 1.29 is 33.8 Å². The van der Waals surface area contributed by atoms with E-state index in [1.54, 1.807) is 9.46 Å². The number of unbranched alkanes of at least 4 members (excludes halogenated alkanes) is 14. The average molecular weight is 969 g/mol. The molecule has 0 spiro atoms. The van der Waals surface area contributed by atoms with Gasteiger partial charge in [0.1, 0.15) is 0 Å². The van der Waals surface area contributed by atoms with Crippen molar-refractivity contribution in [3.8, 4) is 11.5 Å². The van der Waals surface area contributed by atoms with Crippen LogP contribution in [-0.2, 0) is 22.9 Å². The Balaban J connectivity index is 0.000000201. The van der Waals surface area contributed by atoms with Crippen molar-refractivity contribution in [1.82, 2.24) is 0 Å². The van der Waals surface area contributed by atoms with Gasteiger partial charge in [-0.2, -0.15) is 0 Å². The first-order chi connectivity index (χ1) is 35.5. The highest BCUT2D eigenvalue weighted by molar-refractivity contribution is 6.28. The van der Waals surface area contributed by atoms with Crippen LogP contribution in [0.1, 0.15) is 157 Å². The van der Waals surface area contributed by atoms with Crippen LogP contribution in [0.5, 0.6) is 11.5 Å². The van der Waals surface area contributed by atoms with Crippen LogP contribution in [0.2, 0.25) is 0 Å². The highest BCUT2D eigenvalue weighted by Crippen LogP contribution is 2.43.